The molecule has 0 N–H and O–H groups in total. The van der Waals surface area contributed by atoms with Crippen LogP contribution in [-0.2, 0) is 6.54 Å². The molecule has 0 spiro atoms. The van der Waals surface area contributed by atoms with Gasteiger partial charge in [-0.1, -0.05) is 54.2 Å². The number of carbonyl (C=O) groups is 2. The summed E-state index contributed by atoms with van der Waals surface area (Å²) in [7, 11) is 0. The molecular weight excluding hydrogens is 334 g/mol. The first kappa shape index (κ1) is 15.7. The fourth-order valence-corrected chi connectivity index (χ4v) is 3.72. The average molecular weight is 349 g/mol. The quantitative estimate of drug-likeness (QED) is 0.524. The van der Waals surface area contributed by atoms with E-state index in [0.717, 1.165) is 5.16 Å². The Labute approximate surface area is 149 Å². The van der Waals surface area contributed by atoms with E-state index in [1.807, 2.05) is 29.0 Å². The van der Waals surface area contributed by atoms with Crippen LogP contribution >= 0.6 is 11.8 Å². The number of thioether (sulfide) groups is 1. The van der Waals surface area contributed by atoms with Crippen molar-refractivity contribution < 1.29 is 9.59 Å². The molecule has 0 atom stereocenters. The van der Waals surface area contributed by atoms with E-state index in [1.54, 1.807) is 30.5 Å². The molecule has 0 radical (unpaired) electrons. The molecule has 2 aromatic carbocycles. The fraction of sp³-hybridized carbons (Fsp3) is 0.105. The normalized spacial score (nSPS) is 13.4. The van der Waals surface area contributed by atoms with Gasteiger partial charge in [-0.15, -0.1) is 0 Å². The molecular formula is C19H15N3O2S. The van der Waals surface area contributed by atoms with Crippen LogP contribution in [0.25, 0.3) is 0 Å². The number of hydrogen-bond donors (Lipinski definition) is 0. The smallest absolute Gasteiger partial charge is 0.262 e. The highest BCUT2D eigenvalue weighted by atomic mass is 32.2. The summed E-state index contributed by atoms with van der Waals surface area (Å²) < 4.78 is 2.01. The largest absolute Gasteiger partial charge is 0.322 e. The molecule has 0 saturated carbocycles. The third kappa shape index (κ3) is 2.96. The highest BCUT2D eigenvalue weighted by molar-refractivity contribution is 7.99. The van der Waals surface area contributed by atoms with Crippen molar-refractivity contribution in [3.05, 3.63) is 83.7 Å². The highest BCUT2D eigenvalue weighted by Crippen LogP contribution is 2.26. The van der Waals surface area contributed by atoms with E-state index in [1.165, 1.54) is 22.2 Å². The van der Waals surface area contributed by atoms with E-state index >= 15 is 0 Å². The van der Waals surface area contributed by atoms with Crippen LogP contribution in [0, 0.1) is 0 Å². The van der Waals surface area contributed by atoms with Crippen molar-refractivity contribution in [2.24, 2.45) is 0 Å². The predicted molar refractivity (Wildman–Crippen MR) is 95.4 cm³/mol. The number of carbonyl (C=O) groups excluding carboxylic acids is 2. The molecule has 1 aromatic heterocycles. The number of imide groups is 1. The zero-order valence-corrected chi connectivity index (χ0v) is 14.1. The van der Waals surface area contributed by atoms with E-state index in [0.29, 0.717) is 17.7 Å². The van der Waals surface area contributed by atoms with E-state index in [9.17, 15) is 9.59 Å². The molecule has 124 valence electrons. The maximum Gasteiger partial charge on any atom is 0.262 e. The van der Waals surface area contributed by atoms with Crippen molar-refractivity contribution in [1.29, 1.82) is 0 Å². The second-order valence-corrected chi connectivity index (χ2v) is 6.59. The van der Waals surface area contributed by atoms with Gasteiger partial charge in [0.25, 0.3) is 11.8 Å². The zero-order chi connectivity index (χ0) is 17.2. The van der Waals surface area contributed by atoms with Crippen molar-refractivity contribution in [2.45, 2.75) is 11.7 Å². The summed E-state index contributed by atoms with van der Waals surface area (Å²) in [6, 6.07) is 17.0. The minimum Gasteiger partial charge on any atom is -0.322 e. The first-order valence-electron chi connectivity index (χ1n) is 7.87. The first-order valence-corrected chi connectivity index (χ1v) is 8.85. The van der Waals surface area contributed by atoms with Gasteiger partial charge in [-0.2, -0.15) is 0 Å². The monoisotopic (exact) mass is 349 g/mol. The van der Waals surface area contributed by atoms with Gasteiger partial charge in [-0.25, -0.2) is 4.98 Å². The predicted octanol–water partition coefficient (Wildman–Crippen LogP) is 3.28. The molecule has 5 nitrogen and oxygen atoms in total. The Kier molecular flexibility index (Phi) is 4.11. The molecule has 0 bridgehead atoms. The summed E-state index contributed by atoms with van der Waals surface area (Å²) in [4.78, 5) is 30.4. The summed E-state index contributed by atoms with van der Waals surface area (Å²) in [6.45, 7) is 0.700. The number of rotatable bonds is 5. The third-order valence-electron chi connectivity index (χ3n) is 4.07. The molecule has 4 rings (SSSR count). The molecule has 2 amide bonds. The van der Waals surface area contributed by atoms with Gasteiger partial charge < -0.3 is 4.57 Å². The van der Waals surface area contributed by atoms with Crippen LogP contribution in [0.3, 0.4) is 0 Å². The van der Waals surface area contributed by atoms with Crippen molar-refractivity contribution in [2.75, 3.05) is 5.88 Å². The number of amides is 2. The molecule has 25 heavy (non-hydrogen) atoms. The van der Waals surface area contributed by atoms with Crippen molar-refractivity contribution in [3.63, 3.8) is 0 Å². The molecule has 0 unspecified atom stereocenters. The summed E-state index contributed by atoms with van der Waals surface area (Å²) in [5.74, 6) is -0.235. The minimum absolute atomic E-state index is 0.241. The van der Waals surface area contributed by atoms with Gasteiger partial charge in [0, 0.05) is 18.9 Å². The lowest BCUT2D eigenvalue weighted by atomic mass is 10.1. The summed E-state index contributed by atoms with van der Waals surface area (Å²) in [5, 5.41) is 0.778. The van der Waals surface area contributed by atoms with Gasteiger partial charge in [0.2, 0.25) is 0 Å². The number of imidazole rings is 1. The molecule has 6 heteroatoms. The van der Waals surface area contributed by atoms with Crippen molar-refractivity contribution in [3.8, 4) is 0 Å². The second kappa shape index (κ2) is 6.57. The third-order valence-corrected chi connectivity index (χ3v) is 5.06. The topological polar surface area (TPSA) is 55.2 Å². The molecule has 0 fully saturated rings. The summed E-state index contributed by atoms with van der Waals surface area (Å²) in [6.07, 6.45) is 3.63. The molecule has 3 aromatic rings. The number of nitrogens with zero attached hydrogens (tertiary/aromatic N) is 3. The SMILES string of the molecule is O=C1c2ccccc2C(=O)N1CSc1nccn1Cc1ccccc1. The van der Waals surface area contributed by atoms with Crippen LogP contribution in [0.2, 0.25) is 0 Å². The maximum atomic E-state index is 12.4. The molecule has 1 aliphatic rings. The average Bonchev–Trinajstić information content (AvgIpc) is 3.18. The molecule has 2 heterocycles. The van der Waals surface area contributed by atoms with Crippen molar-refractivity contribution >= 4 is 23.6 Å². The summed E-state index contributed by atoms with van der Waals surface area (Å²) >= 11 is 1.38. The maximum absolute atomic E-state index is 12.4. The molecule has 0 saturated heterocycles. The lowest BCUT2D eigenvalue weighted by molar-refractivity contribution is 0.0684. The highest BCUT2D eigenvalue weighted by Gasteiger charge is 2.35. The van der Waals surface area contributed by atoms with Gasteiger partial charge >= 0.3 is 0 Å². The van der Waals surface area contributed by atoms with Crippen molar-refractivity contribution in [1.82, 2.24) is 14.5 Å². The Bertz CT molecular complexity index is 902. The van der Waals surface area contributed by atoms with Crippen LogP contribution in [0.1, 0.15) is 26.3 Å². The van der Waals surface area contributed by atoms with Gasteiger partial charge in [0.05, 0.1) is 17.0 Å². The number of benzene rings is 2. The molecule has 0 aliphatic carbocycles. The van der Waals surface area contributed by atoms with E-state index in [-0.39, 0.29) is 17.7 Å². The zero-order valence-electron chi connectivity index (χ0n) is 13.3. The van der Waals surface area contributed by atoms with E-state index < -0.39 is 0 Å². The van der Waals surface area contributed by atoms with Gasteiger partial charge in [-0.05, 0) is 17.7 Å². The summed E-state index contributed by atoms with van der Waals surface area (Å²) in [5.41, 5.74) is 2.12. The minimum atomic E-state index is -0.241. The van der Waals surface area contributed by atoms with Gasteiger partial charge in [-0.3, -0.25) is 14.5 Å². The van der Waals surface area contributed by atoms with Crippen LogP contribution in [-0.4, -0.2) is 32.1 Å². The number of fused-ring (bicyclic) bond motifs is 1. The Balaban J connectivity index is 1.47. The van der Waals surface area contributed by atoms with E-state index in [4.69, 9.17) is 0 Å². The van der Waals surface area contributed by atoms with Crippen LogP contribution < -0.4 is 0 Å². The Morgan fingerprint density at radius 2 is 1.52 bits per heavy atom. The van der Waals surface area contributed by atoms with Crippen LogP contribution in [0.4, 0.5) is 0 Å². The Morgan fingerprint density at radius 1 is 0.880 bits per heavy atom. The first-order chi connectivity index (χ1) is 12.2. The fourth-order valence-electron chi connectivity index (χ4n) is 2.81. The number of hydrogen-bond acceptors (Lipinski definition) is 4. The van der Waals surface area contributed by atoms with Crippen LogP contribution in [0.5, 0.6) is 0 Å². The Hall–Kier alpha value is -2.86. The lowest BCUT2D eigenvalue weighted by Gasteiger charge is -2.14. The van der Waals surface area contributed by atoms with Crippen LogP contribution in [0.15, 0.2) is 72.1 Å². The van der Waals surface area contributed by atoms with Gasteiger partial charge in [0.15, 0.2) is 5.16 Å². The Morgan fingerprint density at radius 3 is 2.20 bits per heavy atom. The van der Waals surface area contributed by atoms with Gasteiger partial charge in [0.1, 0.15) is 0 Å². The second-order valence-electron chi connectivity index (χ2n) is 5.68. The lowest BCUT2D eigenvalue weighted by Crippen LogP contribution is -2.29. The van der Waals surface area contributed by atoms with E-state index in [2.05, 4.69) is 17.1 Å². The standard InChI is InChI=1S/C19H15N3O2S/c23-17-15-8-4-5-9-16(15)18(24)22(17)13-25-19-20-10-11-21(19)12-14-6-2-1-3-7-14/h1-11H,12-13H2. The molecule has 1 aliphatic heterocycles. The number of aromatic nitrogens is 2.